The smallest absolute Gasteiger partial charge is 0.0666 e. The van der Waals surface area contributed by atoms with E-state index in [9.17, 15) is 0 Å². The third kappa shape index (κ3) is 2.36. The Balaban J connectivity index is 2.19. The lowest BCUT2D eigenvalue weighted by molar-refractivity contribution is 0.730. The summed E-state index contributed by atoms with van der Waals surface area (Å²) in [6, 6.07) is 6.01. The van der Waals surface area contributed by atoms with E-state index in [2.05, 4.69) is 17.3 Å². The van der Waals surface area contributed by atoms with Gasteiger partial charge >= 0.3 is 0 Å². The summed E-state index contributed by atoms with van der Waals surface area (Å²) in [6.45, 7) is 6.86. The van der Waals surface area contributed by atoms with Crippen LogP contribution in [-0.2, 0) is 13.6 Å². The highest BCUT2D eigenvalue weighted by Crippen LogP contribution is 2.26. The number of anilines is 1. The molecular weight excluding hydrogens is 246 g/mol. The first kappa shape index (κ1) is 13.0. The van der Waals surface area contributed by atoms with Gasteiger partial charge in [0, 0.05) is 24.8 Å². The van der Waals surface area contributed by atoms with E-state index in [1.807, 2.05) is 43.8 Å². The summed E-state index contributed by atoms with van der Waals surface area (Å²) in [5.74, 6) is 0. The van der Waals surface area contributed by atoms with Gasteiger partial charge in [0.15, 0.2) is 0 Å². The van der Waals surface area contributed by atoms with Crippen LogP contribution < -0.4 is 5.32 Å². The van der Waals surface area contributed by atoms with E-state index in [1.54, 1.807) is 0 Å². The van der Waals surface area contributed by atoms with Crippen LogP contribution in [0.5, 0.6) is 0 Å². The van der Waals surface area contributed by atoms with Crippen LogP contribution in [0.3, 0.4) is 0 Å². The summed E-state index contributed by atoms with van der Waals surface area (Å²) in [5.41, 5.74) is 5.53. The molecule has 0 spiro atoms. The molecule has 0 radical (unpaired) electrons. The van der Waals surface area contributed by atoms with Crippen molar-refractivity contribution in [2.45, 2.75) is 27.3 Å². The van der Waals surface area contributed by atoms with Crippen molar-refractivity contribution in [3.63, 3.8) is 0 Å². The number of nitrogens with zero attached hydrogens (tertiary/aromatic N) is 2. The average molecular weight is 264 g/mol. The minimum atomic E-state index is 0.745. The molecule has 3 nitrogen and oxygen atoms in total. The van der Waals surface area contributed by atoms with Gasteiger partial charge in [-0.15, -0.1) is 0 Å². The van der Waals surface area contributed by atoms with Gasteiger partial charge < -0.3 is 5.32 Å². The van der Waals surface area contributed by atoms with E-state index in [1.165, 1.54) is 11.3 Å². The van der Waals surface area contributed by atoms with Crippen LogP contribution in [0.2, 0.25) is 5.02 Å². The van der Waals surface area contributed by atoms with Gasteiger partial charge in [0.2, 0.25) is 0 Å². The highest BCUT2D eigenvalue weighted by molar-refractivity contribution is 6.33. The van der Waals surface area contributed by atoms with Crippen molar-refractivity contribution < 1.29 is 0 Å². The largest absolute Gasteiger partial charge is 0.380 e. The summed E-state index contributed by atoms with van der Waals surface area (Å²) >= 11 is 6.26. The fourth-order valence-electron chi connectivity index (χ4n) is 2.04. The highest BCUT2D eigenvalue weighted by Gasteiger charge is 2.09. The molecule has 0 bridgehead atoms. The quantitative estimate of drug-likeness (QED) is 0.917. The SMILES string of the molecule is Cc1cccc(NCc2c(C)nn(C)c2C)c1Cl. The van der Waals surface area contributed by atoms with E-state index in [-0.39, 0.29) is 0 Å². The van der Waals surface area contributed by atoms with Crippen LogP contribution in [0.15, 0.2) is 18.2 Å². The van der Waals surface area contributed by atoms with Crippen molar-refractivity contribution in [3.8, 4) is 0 Å². The number of halogens is 1. The summed E-state index contributed by atoms with van der Waals surface area (Å²) < 4.78 is 1.91. The number of nitrogens with one attached hydrogen (secondary N) is 1. The zero-order valence-corrected chi connectivity index (χ0v) is 12.0. The third-order valence-corrected chi connectivity index (χ3v) is 3.81. The predicted octanol–water partition coefficient (Wildman–Crippen LogP) is 3.61. The van der Waals surface area contributed by atoms with E-state index in [0.29, 0.717) is 0 Å². The molecule has 0 aliphatic rings. The van der Waals surface area contributed by atoms with Gasteiger partial charge in [-0.2, -0.15) is 5.10 Å². The molecule has 0 unspecified atom stereocenters. The second kappa shape index (κ2) is 5.02. The number of benzene rings is 1. The van der Waals surface area contributed by atoms with Crippen LogP contribution >= 0.6 is 11.6 Å². The minimum Gasteiger partial charge on any atom is -0.380 e. The van der Waals surface area contributed by atoms with Crippen LogP contribution in [0.4, 0.5) is 5.69 Å². The molecule has 0 amide bonds. The Morgan fingerprint density at radius 2 is 2.00 bits per heavy atom. The van der Waals surface area contributed by atoms with E-state index in [0.717, 1.165) is 28.5 Å². The molecule has 2 rings (SSSR count). The molecule has 2 aromatic rings. The molecule has 4 heteroatoms. The minimum absolute atomic E-state index is 0.745. The predicted molar refractivity (Wildman–Crippen MR) is 76.2 cm³/mol. The van der Waals surface area contributed by atoms with Gasteiger partial charge in [-0.3, -0.25) is 4.68 Å². The number of hydrogen-bond donors (Lipinski definition) is 1. The van der Waals surface area contributed by atoms with Crippen molar-refractivity contribution in [2.75, 3.05) is 5.32 Å². The second-order valence-corrected chi connectivity index (χ2v) is 4.94. The number of aryl methyl sites for hydroxylation is 3. The lowest BCUT2D eigenvalue weighted by Crippen LogP contribution is -2.03. The summed E-state index contributed by atoms with van der Waals surface area (Å²) in [7, 11) is 1.96. The van der Waals surface area contributed by atoms with E-state index in [4.69, 9.17) is 11.6 Å². The number of hydrogen-bond acceptors (Lipinski definition) is 2. The zero-order chi connectivity index (χ0) is 13.3. The van der Waals surface area contributed by atoms with Crippen LogP contribution in [0.25, 0.3) is 0 Å². The standard InChI is InChI=1S/C14H18ClN3/c1-9-6-5-7-13(14(9)15)16-8-12-10(2)17-18(4)11(12)3/h5-7,16H,8H2,1-4H3. The Morgan fingerprint density at radius 1 is 1.28 bits per heavy atom. The second-order valence-electron chi connectivity index (χ2n) is 4.56. The lowest BCUT2D eigenvalue weighted by atomic mass is 10.2. The van der Waals surface area contributed by atoms with E-state index >= 15 is 0 Å². The maximum atomic E-state index is 6.26. The normalized spacial score (nSPS) is 10.7. The molecule has 1 aromatic carbocycles. The van der Waals surface area contributed by atoms with Crippen LogP contribution in [0, 0.1) is 20.8 Å². The first-order valence-corrected chi connectivity index (χ1v) is 6.36. The maximum Gasteiger partial charge on any atom is 0.0666 e. The fraction of sp³-hybridized carbons (Fsp3) is 0.357. The van der Waals surface area contributed by atoms with Crippen molar-refractivity contribution >= 4 is 17.3 Å². The monoisotopic (exact) mass is 263 g/mol. The van der Waals surface area contributed by atoms with Gasteiger partial charge in [-0.05, 0) is 32.4 Å². The molecule has 96 valence electrons. The Kier molecular flexibility index (Phi) is 3.62. The average Bonchev–Trinajstić information content (AvgIpc) is 2.56. The lowest BCUT2D eigenvalue weighted by Gasteiger charge is -2.10. The van der Waals surface area contributed by atoms with Crippen molar-refractivity contribution in [2.24, 2.45) is 7.05 Å². The molecule has 0 aliphatic carbocycles. The van der Waals surface area contributed by atoms with Crippen molar-refractivity contribution in [3.05, 3.63) is 45.7 Å². The molecule has 0 saturated carbocycles. The topological polar surface area (TPSA) is 29.9 Å². The Morgan fingerprint density at radius 3 is 2.61 bits per heavy atom. The molecule has 1 heterocycles. The molecule has 0 saturated heterocycles. The van der Waals surface area contributed by atoms with Crippen LogP contribution in [0.1, 0.15) is 22.5 Å². The van der Waals surface area contributed by atoms with Gasteiger partial charge in [-0.1, -0.05) is 23.7 Å². The third-order valence-electron chi connectivity index (χ3n) is 3.31. The van der Waals surface area contributed by atoms with Gasteiger partial charge in [0.05, 0.1) is 16.4 Å². The number of rotatable bonds is 3. The zero-order valence-electron chi connectivity index (χ0n) is 11.2. The summed E-state index contributed by atoms with van der Waals surface area (Å²) in [6.07, 6.45) is 0. The van der Waals surface area contributed by atoms with Crippen LogP contribution in [-0.4, -0.2) is 9.78 Å². The Hall–Kier alpha value is -1.48. The van der Waals surface area contributed by atoms with Crippen molar-refractivity contribution in [1.82, 2.24) is 9.78 Å². The Bertz CT molecular complexity index is 573. The van der Waals surface area contributed by atoms with Gasteiger partial charge in [0.1, 0.15) is 0 Å². The van der Waals surface area contributed by atoms with Gasteiger partial charge in [0.25, 0.3) is 0 Å². The summed E-state index contributed by atoms with van der Waals surface area (Å²) in [5, 5.41) is 8.57. The molecule has 1 N–H and O–H groups in total. The molecular formula is C14H18ClN3. The summed E-state index contributed by atoms with van der Waals surface area (Å²) in [4.78, 5) is 0. The van der Waals surface area contributed by atoms with Crippen molar-refractivity contribution in [1.29, 1.82) is 0 Å². The maximum absolute atomic E-state index is 6.26. The first-order chi connectivity index (χ1) is 8.50. The first-order valence-electron chi connectivity index (χ1n) is 5.98. The van der Waals surface area contributed by atoms with E-state index < -0.39 is 0 Å². The Labute approximate surface area is 113 Å². The fourth-order valence-corrected chi connectivity index (χ4v) is 2.23. The molecule has 1 aromatic heterocycles. The highest BCUT2D eigenvalue weighted by atomic mass is 35.5. The van der Waals surface area contributed by atoms with Gasteiger partial charge in [-0.25, -0.2) is 0 Å². The molecule has 0 fully saturated rings. The molecule has 0 atom stereocenters. The number of aromatic nitrogens is 2. The molecule has 18 heavy (non-hydrogen) atoms. The molecule has 0 aliphatic heterocycles.